The van der Waals surface area contributed by atoms with Crippen molar-refractivity contribution in [2.24, 2.45) is 5.92 Å². The molecule has 0 aliphatic carbocycles. The van der Waals surface area contributed by atoms with Gasteiger partial charge in [-0.2, -0.15) is 26.3 Å². The molecule has 2 N–H and O–H groups in total. The van der Waals surface area contributed by atoms with E-state index in [9.17, 15) is 31.1 Å². The smallest absolute Gasteiger partial charge is 0.355 e. The summed E-state index contributed by atoms with van der Waals surface area (Å²) < 4.78 is 82.3. The molecular formula is C20H23F6N3O2. The number of alkyl halides is 6. The van der Waals surface area contributed by atoms with Gasteiger partial charge in [0.1, 0.15) is 6.04 Å². The third kappa shape index (κ3) is 6.22. The topological polar surface area (TPSA) is 67.2 Å². The minimum absolute atomic E-state index is 0.0179. The van der Waals surface area contributed by atoms with E-state index in [4.69, 9.17) is 4.52 Å². The van der Waals surface area contributed by atoms with Crippen LogP contribution >= 0.6 is 0 Å². The number of carbonyl (C=O) groups is 1. The summed E-state index contributed by atoms with van der Waals surface area (Å²) in [5, 5.41) is 8.63. The van der Waals surface area contributed by atoms with E-state index < -0.39 is 36.4 Å². The third-order valence-electron chi connectivity index (χ3n) is 4.91. The molecule has 31 heavy (non-hydrogen) atoms. The van der Waals surface area contributed by atoms with E-state index in [-0.39, 0.29) is 34.5 Å². The number of carbonyl (C=O) groups excluding carboxylic acids is 1. The maximum atomic E-state index is 12.9. The van der Waals surface area contributed by atoms with Crippen LogP contribution in [0.25, 0.3) is 11.3 Å². The van der Waals surface area contributed by atoms with Gasteiger partial charge in [0, 0.05) is 23.7 Å². The minimum Gasteiger partial charge on any atom is -0.355 e. The number of nitrogens with zero attached hydrogens (tertiary/aromatic N) is 1. The van der Waals surface area contributed by atoms with E-state index in [1.165, 1.54) is 0 Å². The quantitative estimate of drug-likeness (QED) is 0.570. The fourth-order valence-corrected chi connectivity index (χ4v) is 2.50. The summed E-state index contributed by atoms with van der Waals surface area (Å²) in [5.41, 5.74) is -0.966. The number of nitrogens with one attached hydrogen (secondary N) is 2. The Balaban J connectivity index is 2.41. The molecule has 2 aromatic rings. The molecule has 0 bridgehead atoms. The van der Waals surface area contributed by atoms with Crippen LogP contribution in [0.5, 0.6) is 0 Å². The Kier molecular flexibility index (Phi) is 7.40. The summed E-state index contributed by atoms with van der Waals surface area (Å²) >= 11 is 0. The lowest BCUT2D eigenvalue weighted by molar-refractivity contribution is -0.151. The minimum atomic E-state index is -4.55. The van der Waals surface area contributed by atoms with Gasteiger partial charge >= 0.3 is 12.4 Å². The van der Waals surface area contributed by atoms with E-state index in [1.54, 1.807) is 6.92 Å². The van der Waals surface area contributed by atoms with Crippen molar-refractivity contribution in [2.45, 2.75) is 58.7 Å². The summed E-state index contributed by atoms with van der Waals surface area (Å²) in [6.45, 7) is 5.97. The van der Waals surface area contributed by atoms with Crippen LogP contribution in [0.2, 0.25) is 0 Å². The van der Waals surface area contributed by atoms with Crippen molar-refractivity contribution in [2.75, 3.05) is 0 Å². The van der Waals surface area contributed by atoms with Gasteiger partial charge in [0.2, 0.25) is 0 Å². The fraction of sp³-hybridized carbons (Fsp3) is 0.500. The molecule has 0 saturated heterocycles. The maximum Gasteiger partial charge on any atom is 0.416 e. The van der Waals surface area contributed by atoms with Crippen molar-refractivity contribution in [1.82, 2.24) is 15.8 Å². The summed E-state index contributed by atoms with van der Waals surface area (Å²) in [5.74, 6) is -0.658. The molecule has 0 aliphatic heterocycles. The second-order valence-electron chi connectivity index (χ2n) is 7.56. The Hall–Kier alpha value is -2.56. The highest BCUT2D eigenvalue weighted by Crippen LogP contribution is 2.33. The van der Waals surface area contributed by atoms with Crippen molar-refractivity contribution in [3.63, 3.8) is 0 Å². The van der Waals surface area contributed by atoms with Crippen LogP contribution in [-0.2, 0) is 12.7 Å². The molecule has 0 aliphatic rings. The molecule has 0 saturated carbocycles. The Morgan fingerprint density at radius 2 is 1.61 bits per heavy atom. The van der Waals surface area contributed by atoms with E-state index in [0.717, 1.165) is 31.2 Å². The van der Waals surface area contributed by atoms with Gasteiger partial charge in [0.05, 0.1) is 5.56 Å². The highest BCUT2D eigenvalue weighted by molar-refractivity contribution is 5.95. The first-order chi connectivity index (χ1) is 14.2. The lowest BCUT2D eigenvalue weighted by Crippen LogP contribution is -2.40. The average Bonchev–Trinajstić information content (AvgIpc) is 3.08. The van der Waals surface area contributed by atoms with Crippen LogP contribution in [0.15, 0.2) is 28.8 Å². The molecule has 172 valence electrons. The standard InChI is InChI=1S/C20H23F6N3O2/c1-10(2)11(3)28-18(30)16-15(9-27-12(4)19(21,22)23)17(31-29-16)13-5-7-14(8-6-13)20(24,25)26/h5-8,10-12,27H,9H2,1-4H3,(H,28,30)/t11-,12+/m0/s1. The first-order valence-corrected chi connectivity index (χ1v) is 9.49. The predicted octanol–water partition coefficient (Wildman–Crippen LogP) is 5.18. The Morgan fingerprint density at radius 3 is 2.10 bits per heavy atom. The van der Waals surface area contributed by atoms with Gasteiger partial charge in [-0.25, -0.2) is 0 Å². The fourth-order valence-electron chi connectivity index (χ4n) is 2.50. The molecule has 2 rings (SSSR count). The van der Waals surface area contributed by atoms with E-state index in [1.807, 2.05) is 13.8 Å². The van der Waals surface area contributed by atoms with Gasteiger partial charge in [-0.05, 0) is 31.9 Å². The van der Waals surface area contributed by atoms with Crippen molar-refractivity contribution < 1.29 is 35.7 Å². The van der Waals surface area contributed by atoms with Crippen LogP contribution in [0, 0.1) is 5.92 Å². The number of benzene rings is 1. The third-order valence-corrected chi connectivity index (χ3v) is 4.91. The summed E-state index contributed by atoms with van der Waals surface area (Å²) in [6.07, 6.45) is -9.08. The molecule has 0 unspecified atom stereocenters. The second-order valence-corrected chi connectivity index (χ2v) is 7.56. The zero-order valence-electron chi connectivity index (χ0n) is 17.3. The van der Waals surface area contributed by atoms with Crippen molar-refractivity contribution in [3.8, 4) is 11.3 Å². The monoisotopic (exact) mass is 451 g/mol. The summed E-state index contributed by atoms with van der Waals surface area (Å²) in [6, 6.07) is 1.70. The molecule has 5 nitrogen and oxygen atoms in total. The highest BCUT2D eigenvalue weighted by atomic mass is 19.4. The molecule has 0 spiro atoms. The average molecular weight is 451 g/mol. The van der Waals surface area contributed by atoms with Gasteiger partial charge in [0.15, 0.2) is 11.5 Å². The van der Waals surface area contributed by atoms with Crippen LogP contribution in [0.4, 0.5) is 26.3 Å². The number of halogens is 6. The normalized spacial score (nSPS) is 14.5. The van der Waals surface area contributed by atoms with Crippen molar-refractivity contribution in [3.05, 3.63) is 41.1 Å². The zero-order chi connectivity index (χ0) is 23.6. The predicted molar refractivity (Wildman–Crippen MR) is 101 cm³/mol. The zero-order valence-corrected chi connectivity index (χ0v) is 17.3. The number of rotatable bonds is 7. The van der Waals surface area contributed by atoms with Crippen LogP contribution in [0.1, 0.15) is 49.3 Å². The van der Waals surface area contributed by atoms with Gasteiger partial charge in [-0.1, -0.05) is 31.1 Å². The molecule has 1 aromatic heterocycles. The van der Waals surface area contributed by atoms with E-state index in [2.05, 4.69) is 15.8 Å². The second kappa shape index (κ2) is 9.29. The molecule has 1 heterocycles. The first-order valence-electron chi connectivity index (χ1n) is 9.49. The van der Waals surface area contributed by atoms with Crippen molar-refractivity contribution in [1.29, 1.82) is 0 Å². The largest absolute Gasteiger partial charge is 0.416 e. The first kappa shape index (κ1) is 24.7. The molecule has 0 radical (unpaired) electrons. The Labute approximate surface area is 175 Å². The molecule has 2 atom stereocenters. The van der Waals surface area contributed by atoms with Gasteiger partial charge in [-0.15, -0.1) is 0 Å². The summed E-state index contributed by atoms with van der Waals surface area (Å²) in [4.78, 5) is 12.6. The number of hydrogen-bond donors (Lipinski definition) is 2. The van der Waals surface area contributed by atoms with Gasteiger partial charge in [-0.3, -0.25) is 4.79 Å². The maximum absolute atomic E-state index is 12.9. The van der Waals surface area contributed by atoms with Gasteiger partial charge in [0.25, 0.3) is 5.91 Å². The molecule has 0 fully saturated rings. The Bertz CT molecular complexity index is 888. The number of aromatic nitrogens is 1. The molecule has 1 amide bonds. The molecular weight excluding hydrogens is 428 g/mol. The number of hydrogen-bond acceptors (Lipinski definition) is 4. The SMILES string of the molecule is CC(C)[C@H](C)NC(=O)c1noc(-c2ccc(C(F)(F)F)cc2)c1CN[C@H](C)C(F)(F)F. The van der Waals surface area contributed by atoms with E-state index in [0.29, 0.717) is 0 Å². The van der Waals surface area contributed by atoms with Crippen molar-refractivity contribution >= 4 is 5.91 Å². The van der Waals surface area contributed by atoms with E-state index >= 15 is 0 Å². The summed E-state index contributed by atoms with van der Waals surface area (Å²) in [7, 11) is 0. The van der Waals surface area contributed by atoms with Gasteiger partial charge < -0.3 is 15.2 Å². The highest BCUT2D eigenvalue weighted by Gasteiger charge is 2.36. The lowest BCUT2D eigenvalue weighted by Gasteiger charge is -2.18. The van der Waals surface area contributed by atoms with Crippen LogP contribution in [0.3, 0.4) is 0 Å². The molecule has 1 aromatic carbocycles. The lowest BCUT2D eigenvalue weighted by atomic mass is 10.0. The Morgan fingerprint density at radius 1 is 1.03 bits per heavy atom. The molecule has 11 heteroatoms. The van der Waals surface area contributed by atoms with Crippen LogP contribution < -0.4 is 10.6 Å². The van der Waals surface area contributed by atoms with Crippen LogP contribution in [-0.4, -0.2) is 29.3 Å². The number of amides is 1.